The van der Waals surface area contributed by atoms with Crippen LogP contribution >= 0.6 is 23.2 Å². The molecule has 1 unspecified atom stereocenters. The van der Waals surface area contributed by atoms with Gasteiger partial charge in [0.2, 0.25) is 0 Å². The molecule has 0 bridgehead atoms. The first-order chi connectivity index (χ1) is 7.96. The smallest absolute Gasteiger partial charge is 0.173 e. The van der Waals surface area contributed by atoms with Gasteiger partial charge in [0.25, 0.3) is 0 Å². The lowest BCUT2D eigenvalue weighted by Crippen LogP contribution is -2.29. The molecule has 1 aliphatic rings. The van der Waals surface area contributed by atoms with Gasteiger partial charge in [-0.2, -0.15) is 0 Å². The van der Waals surface area contributed by atoms with Crippen molar-refractivity contribution in [2.75, 3.05) is 5.75 Å². The Hall–Kier alpha value is -0.550. The molecular weight excluding hydrogens is 281 g/mol. The van der Waals surface area contributed by atoms with Gasteiger partial charge in [-0.1, -0.05) is 29.3 Å². The fraction of sp³-hybridized carbons (Fsp3) is 0.273. The van der Waals surface area contributed by atoms with E-state index in [4.69, 9.17) is 23.2 Å². The molecule has 0 saturated heterocycles. The minimum atomic E-state index is -3.02. The molecule has 6 heteroatoms. The van der Waals surface area contributed by atoms with Gasteiger partial charge in [-0.05, 0) is 23.8 Å². The monoisotopic (exact) mass is 291 g/mol. The van der Waals surface area contributed by atoms with Crippen LogP contribution in [0.2, 0.25) is 10.0 Å². The van der Waals surface area contributed by atoms with Gasteiger partial charge in [-0.3, -0.25) is 0 Å². The third-order valence-corrected chi connectivity index (χ3v) is 4.49. The number of sulfone groups is 1. The van der Waals surface area contributed by atoms with Crippen molar-refractivity contribution in [3.8, 4) is 0 Å². The lowest BCUT2D eigenvalue weighted by Gasteiger charge is -2.11. The maximum atomic E-state index is 11.2. The van der Waals surface area contributed by atoms with Gasteiger partial charge in [0, 0.05) is 28.0 Å². The van der Waals surface area contributed by atoms with Crippen molar-refractivity contribution in [3.05, 3.63) is 45.3 Å². The highest BCUT2D eigenvalue weighted by Crippen LogP contribution is 2.20. The molecule has 1 aliphatic heterocycles. The Morgan fingerprint density at radius 3 is 2.76 bits per heavy atom. The summed E-state index contributed by atoms with van der Waals surface area (Å²) in [4.78, 5) is 0. The van der Waals surface area contributed by atoms with E-state index in [0.29, 0.717) is 16.6 Å². The zero-order valence-electron chi connectivity index (χ0n) is 8.86. The van der Waals surface area contributed by atoms with Crippen LogP contribution in [-0.2, 0) is 16.4 Å². The summed E-state index contributed by atoms with van der Waals surface area (Å²) in [6.45, 7) is 0.490. The zero-order chi connectivity index (χ0) is 12.5. The van der Waals surface area contributed by atoms with Gasteiger partial charge in [0.05, 0.1) is 5.75 Å². The van der Waals surface area contributed by atoms with E-state index in [1.165, 1.54) is 5.41 Å². The predicted octanol–water partition coefficient (Wildman–Crippen LogP) is 2.39. The summed E-state index contributed by atoms with van der Waals surface area (Å²) < 4.78 is 22.4. The summed E-state index contributed by atoms with van der Waals surface area (Å²) in [5.41, 5.74) is 0.858. The van der Waals surface area contributed by atoms with E-state index in [2.05, 4.69) is 5.32 Å². The molecular formula is C11H11Cl2NO2S. The molecule has 1 heterocycles. The van der Waals surface area contributed by atoms with Gasteiger partial charge >= 0.3 is 0 Å². The lowest BCUT2D eigenvalue weighted by atomic mass is 10.2. The maximum absolute atomic E-state index is 11.2. The van der Waals surface area contributed by atoms with Crippen LogP contribution in [-0.4, -0.2) is 20.2 Å². The summed E-state index contributed by atoms with van der Waals surface area (Å²) in [5.74, 6) is 0.102. The lowest BCUT2D eigenvalue weighted by molar-refractivity contribution is 0.590. The number of hydrogen-bond donors (Lipinski definition) is 1. The average Bonchev–Trinajstić information content (AvgIpc) is 2.60. The topological polar surface area (TPSA) is 46.2 Å². The van der Waals surface area contributed by atoms with Gasteiger partial charge < -0.3 is 5.32 Å². The van der Waals surface area contributed by atoms with Gasteiger partial charge in [-0.25, -0.2) is 8.42 Å². The summed E-state index contributed by atoms with van der Waals surface area (Å²) >= 11 is 11.9. The van der Waals surface area contributed by atoms with Crippen LogP contribution in [0.4, 0.5) is 0 Å². The van der Waals surface area contributed by atoms with Crippen molar-refractivity contribution < 1.29 is 8.42 Å². The molecule has 2 rings (SSSR count). The second kappa shape index (κ2) is 4.98. The van der Waals surface area contributed by atoms with E-state index >= 15 is 0 Å². The molecule has 92 valence electrons. The van der Waals surface area contributed by atoms with Crippen molar-refractivity contribution in [1.29, 1.82) is 0 Å². The number of nitrogens with one attached hydrogen (secondary N) is 1. The molecule has 1 N–H and O–H groups in total. The van der Waals surface area contributed by atoms with Crippen LogP contribution < -0.4 is 5.32 Å². The van der Waals surface area contributed by atoms with E-state index < -0.39 is 9.84 Å². The van der Waals surface area contributed by atoms with Crippen molar-refractivity contribution in [1.82, 2.24) is 5.32 Å². The first kappa shape index (κ1) is 12.9. The minimum absolute atomic E-state index is 0.102. The number of hydrogen-bond acceptors (Lipinski definition) is 3. The van der Waals surface area contributed by atoms with Crippen LogP contribution in [0, 0.1) is 0 Å². The van der Waals surface area contributed by atoms with Crippen LogP contribution in [0.5, 0.6) is 0 Å². The largest absolute Gasteiger partial charge is 0.305 e. The molecule has 17 heavy (non-hydrogen) atoms. The van der Waals surface area contributed by atoms with Crippen LogP contribution in [0.15, 0.2) is 29.7 Å². The van der Waals surface area contributed by atoms with E-state index in [-0.39, 0.29) is 11.8 Å². The van der Waals surface area contributed by atoms with Gasteiger partial charge in [0.15, 0.2) is 9.84 Å². The first-order valence-electron chi connectivity index (χ1n) is 5.04. The molecule has 0 saturated carbocycles. The van der Waals surface area contributed by atoms with E-state index in [1.807, 2.05) is 0 Å². The normalized spacial score (nSPS) is 21.9. The second-order valence-corrected chi connectivity index (χ2v) is 6.66. The predicted molar refractivity (Wildman–Crippen MR) is 70.0 cm³/mol. The molecule has 0 fully saturated rings. The maximum Gasteiger partial charge on any atom is 0.173 e. The molecule has 1 aromatic carbocycles. The van der Waals surface area contributed by atoms with Crippen molar-refractivity contribution in [2.24, 2.45) is 0 Å². The Balaban J connectivity index is 1.99. The minimum Gasteiger partial charge on any atom is -0.305 e. The van der Waals surface area contributed by atoms with Crippen molar-refractivity contribution >= 4 is 33.0 Å². The molecule has 1 aromatic rings. The summed E-state index contributed by atoms with van der Waals surface area (Å²) in [6.07, 6.45) is 1.65. The van der Waals surface area contributed by atoms with E-state index in [9.17, 15) is 8.42 Å². The summed E-state index contributed by atoms with van der Waals surface area (Å²) in [6, 6.07) is 5.05. The fourth-order valence-electron chi connectivity index (χ4n) is 1.62. The number of benzene rings is 1. The molecule has 0 spiro atoms. The third-order valence-electron chi connectivity index (χ3n) is 2.49. The second-order valence-electron chi connectivity index (χ2n) is 3.88. The molecule has 3 nitrogen and oxygen atoms in total. The zero-order valence-corrected chi connectivity index (χ0v) is 11.2. The van der Waals surface area contributed by atoms with Crippen LogP contribution in [0.25, 0.3) is 0 Å². The highest BCUT2D eigenvalue weighted by molar-refractivity contribution is 7.94. The molecule has 1 atom stereocenters. The van der Waals surface area contributed by atoms with E-state index in [1.54, 1.807) is 24.3 Å². The van der Waals surface area contributed by atoms with Crippen LogP contribution in [0.3, 0.4) is 0 Å². The molecule has 0 aromatic heterocycles. The third kappa shape index (κ3) is 3.45. The Morgan fingerprint density at radius 1 is 1.35 bits per heavy atom. The Labute approximate surface area is 110 Å². The van der Waals surface area contributed by atoms with Crippen molar-refractivity contribution in [2.45, 2.75) is 12.6 Å². The Bertz CT molecular complexity index is 555. The molecule has 0 amide bonds. The SMILES string of the molecule is O=S1(=O)C=CC(NCc2cc(Cl)ccc2Cl)C1. The van der Waals surface area contributed by atoms with Gasteiger partial charge in [-0.15, -0.1) is 0 Å². The Kier molecular flexibility index (Phi) is 3.78. The van der Waals surface area contributed by atoms with Crippen LogP contribution in [0.1, 0.15) is 5.56 Å². The average molecular weight is 292 g/mol. The molecule has 0 radical (unpaired) electrons. The summed E-state index contributed by atoms with van der Waals surface area (Å²) in [5, 5.41) is 5.58. The standard InChI is InChI=1S/C11H11Cl2NO2S/c12-9-1-2-11(13)8(5-9)6-14-10-3-4-17(15,16)7-10/h1-5,10,14H,6-7H2. The van der Waals surface area contributed by atoms with E-state index in [0.717, 1.165) is 5.56 Å². The highest BCUT2D eigenvalue weighted by Gasteiger charge is 2.21. The van der Waals surface area contributed by atoms with Gasteiger partial charge in [0.1, 0.15) is 0 Å². The number of rotatable bonds is 3. The summed E-state index contributed by atoms with van der Waals surface area (Å²) in [7, 11) is -3.02. The van der Waals surface area contributed by atoms with Crippen molar-refractivity contribution in [3.63, 3.8) is 0 Å². The number of halogens is 2. The molecule has 0 aliphatic carbocycles. The highest BCUT2D eigenvalue weighted by atomic mass is 35.5. The quantitative estimate of drug-likeness (QED) is 0.930. The Morgan fingerprint density at radius 2 is 2.12 bits per heavy atom. The fourth-order valence-corrected chi connectivity index (χ4v) is 3.27. The first-order valence-corrected chi connectivity index (χ1v) is 7.52.